The van der Waals surface area contributed by atoms with Crippen LogP contribution in [0.1, 0.15) is 37.8 Å². The van der Waals surface area contributed by atoms with E-state index in [1.165, 1.54) is 0 Å². The maximum Gasteiger partial charge on any atom is 0.0836 e. The Morgan fingerprint density at radius 1 is 0.769 bits per heavy atom. The maximum absolute atomic E-state index is 6.16. The second-order valence-electron chi connectivity index (χ2n) is 5.98. The van der Waals surface area contributed by atoms with E-state index in [-0.39, 0.29) is 0 Å². The quantitative estimate of drug-likeness (QED) is 0.409. The SMILES string of the molecule is CCC(=N\Nc1ccc(C)c(Cl)c1)/C(CC)=N/Nc1ccc(C)c(Cl)c1. The molecule has 0 aliphatic rings. The fourth-order valence-electron chi connectivity index (χ4n) is 2.28. The van der Waals surface area contributed by atoms with Crippen molar-refractivity contribution in [3.05, 3.63) is 57.6 Å². The molecule has 0 heterocycles. The summed E-state index contributed by atoms with van der Waals surface area (Å²) in [5, 5.41) is 10.4. The van der Waals surface area contributed by atoms with Gasteiger partial charge in [-0.3, -0.25) is 10.9 Å². The highest BCUT2D eigenvalue weighted by molar-refractivity contribution is 6.42. The molecule has 0 spiro atoms. The molecule has 0 bridgehead atoms. The second-order valence-corrected chi connectivity index (χ2v) is 6.79. The van der Waals surface area contributed by atoms with Crippen molar-refractivity contribution in [1.82, 2.24) is 0 Å². The van der Waals surface area contributed by atoms with Crippen molar-refractivity contribution in [3.63, 3.8) is 0 Å². The Hall–Kier alpha value is -2.04. The van der Waals surface area contributed by atoms with Crippen LogP contribution < -0.4 is 10.9 Å². The molecule has 2 N–H and O–H groups in total. The third-order valence-electron chi connectivity index (χ3n) is 3.99. The number of halogens is 2. The van der Waals surface area contributed by atoms with E-state index in [0.29, 0.717) is 10.0 Å². The van der Waals surface area contributed by atoms with E-state index in [4.69, 9.17) is 23.2 Å². The number of nitrogens with zero attached hydrogens (tertiary/aromatic N) is 2. The van der Waals surface area contributed by atoms with E-state index < -0.39 is 0 Å². The summed E-state index contributed by atoms with van der Waals surface area (Å²) in [5.41, 5.74) is 11.7. The van der Waals surface area contributed by atoms with Gasteiger partial charge in [0, 0.05) is 10.0 Å². The third-order valence-corrected chi connectivity index (χ3v) is 4.80. The van der Waals surface area contributed by atoms with Gasteiger partial charge < -0.3 is 0 Å². The van der Waals surface area contributed by atoms with E-state index >= 15 is 0 Å². The first-order chi connectivity index (χ1) is 12.4. The van der Waals surface area contributed by atoms with Crippen molar-refractivity contribution < 1.29 is 0 Å². The van der Waals surface area contributed by atoms with Crippen LogP contribution in [0.2, 0.25) is 10.0 Å². The Balaban J connectivity index is 2.15. The first-order valence-electron chi connectivity index (χ1n) is 8.62. The molecule has 138 valence electrons. The Bertz CT molecular complexity index is 759. The summed E-state index contributed by atoms with van der Waals surface area (Å²) < 4.78 is 0. The molecule has 2 aromatic carbocycles. The Morgan fingerprint density at radius 2 is 1.15 bits per heavy atom. The first kappa shape index (κ1) is 20.3. The van der Waals surface area contributed by atoms with Crippen LogP contribution in [0.3, 0.4) is 0 Å². The topological polar surface area (TPSA) is 48.8 Å². The van der Waals surface area contributed by atoms with E-state index in [1.54, 1.807) is 0 Å². The Labute approximate surface area is 165 Å². The zero-order valence-electron chi connectivity index (χ0n) is 15.5. The molecule has 0 saturated carbocycles. The summed E-state index contributed by atoms with van der Waals surface area (Å²) in [6.45, 7) is 8.04. The molecule has 0 aliphatic heterocycles. The molecular weight excluding hydrogens is 367 g/mol. The highest BCUT2D eigenvalue weighted by Crippen LogP contribution is 2.21. The second kappa shape index (κ2) is 9.60. The van der Waals surface area contributed by atoms with Crippen LogP contribution in [0, 0.1) is 13.8 Å². The smallest absolute Gasteiger partial charge is 0.0836 e. The molecule has 0 aliphatic carbocycles. The molecule has 0 unspecified atom stereocenters. The van der Waals surface area contributed by atoms with Gasteiger partial charge in [0.25, 0.3) is 0 Å². The van der Waals surface area contributed by atoms with E-state index in [2.05, 4.69) is 34.9 Å². The summed E-state index contributed by atoms with van der Waals surface area (Å²) in [7, 11) is 0. The highest BCUT2D eigenvalue weighted by atomic mass is 35.5. The maximum atomic E-state index is 6.16. The molecule has 0 atom stereocenters. The number of hydrogen-bond acceptors (Lipinski definition) is 4. The van der Waals surface area contributed by atoms with Gasteiger partial charge in [0.1, 0.15) is 0 Å². The monoisotopic (exact) mass is 390 g/mol. The van der Waals surface area contributed by atoms with Gasteiger partial charge in [-0.2, -0.15) is 10.2 Å². The summed E-state index contributed by atoms with van der Waals surface area (Å²) in [4.78, 5) is 0. The molecule has 0 radical (unpaired) electrons. The molecule has 0 saturated heterocycles. The summed E-state index contributed by atoms with van der Waals surface area (Å²) in [6, 6.07) is 11.6. The average Bonchev–Trinajstić information content (AvgIpc) is 2.63. The molecule has 26 heavy (non-hydrogen) atoms. The lowest BCUT2D eigenvalue weighted by molar-refractivity contribution is 1.19. The number of aryl methyl sites for hydroxylation is 2. The molecule has 2 aromatic rings. The van der Waals surface area contributed by atoms with Gasteiger partial charge in [0.2, 0.25) is 0 Å². The van der Waals surface area contributed by atoms with Crippen molar-refractivity contribution in [2.45, 2.75) is 40.5 Å². The minimum absolute atomic E-state index is 0.713. The number of nitrogens with one attached hydrogen (secondary N) is 2. The predicted molar refractivity (Wildman–Crippen MR) is 115 cm³/mol. The lowest BCUT2D eigenvalue weighted by atomic mass is 10.1. The van der Waals surface area contributed by atoms with Crippen molar-refractivity contribution in [1.29, 1.82) is 0 Å². The largest absolute Gasteiger partial charge is 0.278 e. The van der Waals surface area contributed by atoms with E-state index in [9.17, 15) is 0 Å². The van der Waals surface area contributed by atoms with Gasteiger partial charge in [0.15, 0.2) is 0 Å². The van der Waals surface area contributed by atoms with Crippen LogP contribution in [0.5, 0.6) is 0 Å². The summed E-state index contributed by atoms with van der Waals surface area (Å²) in [5.74, 6) is 0. The van der Waals surface area contributed by atoms with Gasteiger partial charge in [-0.15, -0.1) is 0 Å². The molecule has 6 heteroatoms. The number of anilines is 2. The number of hydrazone groups is 2. The number of hydrogen-bond donors (Lipinski definition) is 2. The fourth-order valence-corrected chi connectivity index (χ4v) is 2.65. The molecule has 0 fully saturated rings. The van der Waals surface area contributed by atoms with Crippen molar-refractivity contribution in [3.8, 4) is 0 Å². The lowest BCUT2D eigenvalue weighted by Gasteiger charge is -2.10. The van der Waals surface area contributed by atoms with E-state index in [0.717, 1.165) is 46.8 Å². The fraction of sp³-hybridized carbons (Fsp3) is 0.300. The first-order valence-corrected chi connectivity index (χ1v) is 9.38. The zero-order chi connectivity index (χ0) is 19.1. The molecule has 4 nitrogen and oxygen atoms in total. The third kappa shape index (κ3) is 5.48. The van der Waals surface area contributed by atoms with Crippen LogP contribution in [0.15, 0.2) is 46.6 Å². The van der Waals surface area contributed by atoms with E-state index in [1.807, 2.05) is 50.2 Å². The van der Waals surface area contributed by atoms with Gasteiger partial charge in [-0.1, -0.05) is 49.2 Å². The number of benzene rings is 2. The van der Waals surface area contributed by atoms with Crippen LogP contribution >= 0.6 is 23.2 Å². The number of rotatable bonds is 7. The average molecular weight is 391 g/mol. The van der Waals surface area contributed by atoms with Crippen molar-refractivity contribution in [2.75, 3.05) is 10.9 Å². The predicted octanol–water partition coefficient (Wildman–Crippen LogP) is 6.67. The van der Waals surface area contributed by atoms with Gasteiger partial charge in [0.05, 0.1) is 22.8 Å². The van der Waals surface area contributed by atoms with Gasteiger partial charge in [-0.25, -0.2) is 0 Å². The van der Waals surface area contributed by atoms with Gasteiger partial charge in [-0.05, 0) is 62.1 Å². The van der Waals surface area contributed by atoms with Crippen LogP contribution in [0.4, 0.5) is 11.4 Å². The highest BCUT2D eigenvalue weighted by Gasteiger charge is 2.06. The summed E-state index contributed by atoms with van der Waals surface area (Å²) >= 11 is 12.3. The zero-order valence-corrected chi connectivity index (χ0v) is 17.0. The van der Waals surface area contributed by atoms with Gasteiger partial charge >= 0.3 is 0 Å². The van der Waals surface area contributed by atoms with Crippen LogP contribution in [-0.2, 0) is 0 Å². The van der Waals surface area contributed by atoms with Crippen LogP contribution in [-0.4, -0.2) is 11.4 Å². The Morgan fingerprint density at radius 3 is 1.46 bits per heavy atom. The minimum Gasteiger partial charge on any atom is -0.278 e. The summed E-state index contributed by atoms with van der Waals surface area (Å²) in [6.07, 6.45) is 1.52. The lowest BCUT2D eigenvalue weighted by Crippen LogP contribution is -2.16. The molecular formula is C20H24Cl2N4. The molecule has 0 amide bonds. The molecule has 0 aromatic heterocycles. The van der Waals surface area contributed by atoms with Crippen molar-refractivity contribution in [2.24, 2.45) is 10.2 Å². The normalized spacial score (nSPS) is 12.2. The molecule has 2 rings (SSSR count). The van der Waals surface area contributed by atoms with Crippen molar-refractivity contribution >= 4 is 46.0 Å². The Kier molecular flexibility index (Phi) is 7.49. The standard InChI is InChI=1S/C20H24Cl2N4/c1-5-19(25-23-15-9-7-13(3)17(21)11-15)20(6-2)26-24-16-10-8-14(4)18(22)12-16/h7-12,23-24H,5-6H2,1-4H3/b25-19+,26-20+. The van der Waals surface area contributed by atoms with Crippen LogP contribution in [0.25, 0.3) is 0 Å². The minimum atomic E-state index is 0.713.